The molecule has 0 saturated carbocycles. The zero-order valence-electron chi connectivity index (χ0n) is 11.9. The minimum atomic E-state index is -0.411. The average molecular weight is 257 g/mol. The predicted octanol–water partition coefficient (Wildman–Crippen LogP) is 2.90. The summed E-state index contributed by atoms with van der Waals surface area (Å²) in [6.45, 7) is 7.20. The number of hydrogen-bond donors (Lipinski definition) is 2. The summed E-state index contributed by atoms with van der Waals surface area (Å²) >= 11 is 0. The van der Waals surface area contributed by atoms with Crippen LogP contribution in [0.3, 0.4) is 0 Å². The van der Waals surface area contributed by atoms with Crippen molar-refractivity contribution in [1.82, 2.24) is 5.32 Å². The molecule has 1 fully saturated rings. The molecule has 2 N–H and O–H groups in total. The lowest BCUT2D eigenvalue weighted by atomic mass is 9.86. The predicted molar refractivity (Wildman–Crippen MR) is 79.2 cm³/mol. The van der Waals surface area contributed by atoms with Gasteiger partial charge in [0.05, 0.1) is 11.5 Å². The van der Waals surface area contributed by atoms with Gasteiger partial charge < -0.3 is 10.6 Å². The van der Waals surface area contributed by atoms with Crippen molar-refractivity contribution in [2.45, 2.75) is 32.1 Å². The standard InChI is InChI=1S/C16H23N3/c1-16(2,12-17)14-5-7-15(8-6-14)19-11-13-4-3-9-18-10-13/h5-8,13,18-19H,3-4,9-11H2,1-2H3. The van der Waals surface area contributed by atoms with Gasteiger partial charge in [-0.3, -0.25) is 0 Å². The first kappa shape index (κ1) is 13.9. The molecule has 1 aromatic carbocycles. The first-order chi connectivity index (χ1) is 9.12. The third-order valence-corrected chi connectivity index (χ3v) is 3.88. The second kappa shape index (κ2) is 6.08. The van der Waals surface area contributed by atoms with Crippen LogP contribution in [0.25, 0.3) is 0 Å². The average Bonchev–Trinajstić information content (AvgIpc) is 2.47. The van der Waals surface area contributed by atoms with Gasteiger partial charge in [0.2, 0.25) is 0 Å². The van der Waals surface area contributed by atoms with Crippen LogP contribution < -0.4 is 10.6 Å². The van der Waals surface area contributed by atoms with Crippen molar-refractivity contribution >= 4 is 5.69 Å². The van der Waals surface area contributed by atoms with Gasteiger partial charge in [-0.05, 0) is 63.4 Å². The number of anilines is 1. The maximum Gasteiger partial charge on any atom is 0.0766 e. The summed E-state index contributed by atoms with van der Waals surface area (Å²) in [5.41, 5.74) is 1.80. The monoisotopic (exact) mass is 257 g/mol. The zero-order valence-corrected chi connectivity index (χ0v) is 11.9. The van der Waals surface area contributed by atoms with Crippen LogP contribution in [-0.2, 0) is 5.41 Å². The highest BCUT2D eigenvalue weighted by atomic mass is 14.9. The minimum Gasteiger partial charge on any atom is -0.385 e. The van der Waals surface area contributed by atoms with Gasteiger partial charge in [0.1, 0.15) is 0 Å². The quantitative estimate of drug-likeness (QED) is 0.872. The van der Waals surface area contributed by atoms with E-state index in [1.807, 2.05) is 26.0 Å². The fraction of sp³-hybridized carbons (Fsp3) is 0.562. The van der Waals surface area contributed by atoms with Crippen molar-refractivity contribution in [2.24, 2.45) is 5.92 Å². The molecule has 102 valence electrons. The molecule has 3 heteroatoms. The summed E-state index contributed by atoms with van der Waals surface area (Å²) in [5, 5.41) is 16.0. The number of piperidine rings is 1. The summed E-state index contributed by atoms with van der Waals surface area (Å²) < 4.78 is 0. The van der Waals surface area contributed by atoms with Crippen molar-refractivity contribution in [2.75, 3.05) is 25.0 Å². The maximum absolute atomic E-state index is 9.12. The highest BCUT2D eigenvalue weighted by molar-refractivity contribution is 5.47. The fourth-order valence-corrected chi connectivity index (χ4v) is 2.43. The molecule has 1 aromatic rings. The van der Waals surface area contributed by atoms with E-state index in [1.165, 1.54) is 12.8 Å². The number of nitriles is 1. The van der Waals surface area contributed by atoms with Gasteiger partial charge in [0.25, 0.3) is 0 Å². The molecule has 0 aromatic heterocycles. The van der Waals surface area contributed by atoms with E-state index >= 15 is 0 Å². The Bertz CT molecular complexity index is 436. The maximum atomic E-state index is 9.12. The first-order valence-electron chi connectivity index (χ1n) is 7.08. The molecule has 1 aliphatic heterocycles. The Balaban J connectivity index is 1.90. The van der Waals surface area contributed by atoms with Gasteiger partial charge in [0.15, 0.2) is 0 Å². The van der Waals surface area contributed by atoms with E-state index in [4.69, 9.17) is 5.26 Å². The third kappa shape index (κ3) is 3.71. The molecule has 1 aliphatic rings. The van der Waals surface area contributed by atoms with Crippen LogP contribution >= 0.6 is 0 Å². The first-order valence-corrected chi connectivity index (χ1v) is 7.08. The number of hydrogen-bond acceptors (Lipinski definition) is 3. The molecule has 0 radical (unpaired) electrons. The molecule has 3 nitrogen and oxygen atoms in total. The summed E-state index contributed by atoms with van der Waals surface area (Å²) in [7, 11) is 0. The number of nitrogens with one attached hydrogen (secondary N) is 2. The van der Waals surface area contributed by atoms with E-state index in [9.17, 15) is 0 Å². The van der Waals surface area contributed by atoms with Gasteiger partial charge >= 0.3 is 0 Å². The molecule has 0 amide bonds. The van der Waals surface area contributed by atoms with Crippen LogP contribution in [-0.4, -0.2) is 19.6 Å². The summed E-state index contributed by atoms with van der Waals surface area (Å²) in [6.07, 6.45) is 2.58. The molecule has 0 spiro atoms. The van der Waals surface area contributed by atoms with Gasteiger partial charge in [0, 0.05) is 12.2 Å². The zero-order chi connectivity index (χ0) is 13.7. The lowest BCUT2D eigenvalue weighted by Crippen LogP contribution is -2.33. The lowest BCUT2D eigenvalue weighted by molar-refractivity contribution is 0.393. The Labute approximate surface area is 116 Å². The van der Waals surface area contributed by atoms with E-state index in [2.05, 4.69) is 28.8 Å². The molecule has 0 bridgehead atoms. The summed E-state index contributed by atoms with van der Waals surface area (Å²) in [4.78, 5) is 0. The van der Waals surface area contributed by atoms with Crippen LogP contribution in [0.2, 0.25) is 0 Å². The third-order valence-electron chi connectivity index (χ3n) is 3.88. The second-order valence-corrected chi connectivity index (χ2v) is 5.91. The summed E-state index contributed by atoms with van der Waals surface area (Å²) in [6, 6.07) is 10.6. The Morgan fingerprint density at radius 3 is 2.68 bits per heavy atom. The second-order valence-electron chi connectivity index (χ2n) is 5.91. The van der Waals surface area contributed by atoms with Crippen LogP contribution in [0.1, 0.15) is 32.3 Å². The van der Waals surface area contributed by atoms with E-state index in [0.717, 1.165) is 36.8 Å². The molecule has 1 heterocycles. The minimum absolute atomic E-state index is 0.411. The van der Waals surface area contributed by atoms with E-state index in [0.29, 0.717) is 0 Å². The Morgan fingerprint density at radius 1 is 1.37 bits per heavy atom. The van der Waals surface area contributed by atoms with Gasteiger partial charge in [-0.1, -0.05) is 12.1 Å². The molecular formula is C16H23N3. The van der Waals surface area contributed by atoms with Gasteiger partial charge in [-0.15, -0.1) is 0 Å². The number of benzene rings is 1. The smallest absolute Gasteiger partial charge is 0.0766 e. The van der Waals surface area contributed by atoms with Crippen molar-refractivity contribution in [3.8, 4) is 6.07 Å². The van der Waals surface area contributed by atoms with Crippen molar-refractivity contribution < 1.29 is 0 Å². The Kier molecular flexibility index (Phi) is 4.44. The fourth-order valence-electron chi connectivity index (χ4n) is 2.43. The van der Waals surface area contributed by atoms with Crippen LogP contribution in [0.5, 0.6) is 0 Å². The molecule has 2 rings (SSSR count). The molecule has 1 atom stereocenters. The van der Waals surface area contributed by atoms with Crippen molar-refractivity contribution in [1.29, 1.82) is 5.26 Å². The molecule has 19 heavy (non-hydrogen) atoms. The van der Waals surface area contributed by atoms with Crippen LogP contribution in [0, 0.1) is 17.2 Å². The summed E-state index contributed by atoms with van der Waals surface area (Å²) in [5.74, 6) is 0.726. The highest BCUT2D eigenvalue weighted by Crippen LogP contribution is 2.23. The number of rotatable bonds is 4. The Hall–Kier alpha value is -1.53. The largest absolute Gasteiger partial charge is 0.385 e. The van der Waals surface area contributed by atoms with Crippen molar-refractivity contribution in [3.05, 3.63) is 29.8 Å². The van der Waals surface area contributed by atoms with Crippen LogP contribution in [0.4, 0.5) is 5.69 Å². The normalized spacial score (nSPS) is 19.7. The topological polar surface area (TPSA) is 47.9 Å². The molecular weight excluding hydrogens is 234 g/mol. The lowest BCUT2D eigenvalue weighted by Gasteiger charge is -2.23. The van der Waals surface area contributed by atoms with Gasteiger partial charge in [-0.25, -0.2) is 0 Å². The van der Waals surface area contributed by atoms with Gasteiger partial charge in [-0.2, -0.15) is 5.26 Å². The molecule has 1 saturated heterocycles. The van der Waals surface area contributed by atoms with E-state index in [1.54, 1.807) is 0 Å². The Morgan fingerprint density at radius 2 is 2.11 bits per heavy atom. The highest BCUT2D eigenvalue weighted by Gasteiger charge is 2.19. The SMILES string of the molecule is CC(C)(C#N)c1ccc(NCC2CCCNC2)cc1. The van der Waals surface area contributed by atoms with E-state index < -0.39 is 5.41 Å². The molecule has 1 unspecified atom stereocenters. The van der Waals surface area contributed by atoms with E-state index in [-0.39, 0.29) is 0 Å². The number of nitrogens with zero attached hydrogens (tertiary/aromatic N) is 1. The van der Waals surface area contributed by atoms with Crippen molar-refractivity contribution in [3.63, 3.8) is 0 Å². The molecule has 0 aliphatic carbocycles. The van der Waals surface area contributed by atoms with Crippen LogP contribution in [0.15, 0.2) is 24.3 Å².